The first kappa shape index (κ1) is 12.1. The van der Waals surface area contributed by atoms with E-state index in [-0.39, 0.29) is 18.3 Å². The van der Waals surface area contributed by atoms with Crippen LogP contribution in [0.15, 0.2) is 23.2 Å². The molecule has 0 saturated carbocycles. The van der Waals surface area contributed by atoms with Crippen LogP contribution in [0.4, 0.5) is 10.1 Å². The van der Waals surface area contributed by atoms with Crippen molar-refractivity contribution in [3.05, 3.63) is 29.6 Å². The number of hydrogen-bond acceptors (Lipinski definition) is 3. The minimum Gasteiger partial charge on any atom is -0.272 e. The summed E-state index contributed by atoms with van der Waals surface area (Å²) >= 11 is 1.49. The quantitative estimate of drug-likeness (QED) is 0.810. The third-order valence-electron chi connectivity index (χ3n) is 2.48. The zero-order chi connectivity index (χ0) is 12.4. The smallest absolute Gasteiger partial charge is 0.254 e. The molecule has 0 aromatic heterocycles. The van der Waals surface area contributed by atoms with Gasteiger partial charge in [0.15, 0.2) is 5.17 Å². The highest BCUT2D eigenvalue weighted by Gasteiger charge is 2.28. The van der Waals surface area contributed by atoms with Crippen molar-refractivity contribution in [3.8, 4) is 0 Å². The summed E-state index contributed by atoms with van der Waals surface area (Å²) < 4.78 is 13.3. The Kier molecular flexibility index (Phi) is 3.47. The van der Waals surface area contributed by atoms with E-state index in [1.165, 1.54) is 28.8 Å². The highest BCUT2D eigenvalue weighted by atomic mass is 32.2. The van der Waals surface area contributed by atoms with Crippen LogP contribution in [0.1, 0.15) is 12.5 Å². The lowest BCUT2D eigenvalue weighted by Gasteiger charge is -2.19. The van der Waals surface area contributed by atoms with Gasteiger partial charge in [-0.2, -0.15) is 0 Å². The first-order valence-corrected chi connectivity index (χ1v) is 6.38. The molecule has 0 aliphatic carbocycles. The summed E-state index contributed by atoms with van der Waals surface area (Å²) in [7, 11) is 0. The molecule has 1 aliphatic rings. The van der Waals surface area contributed by atoms with E-state index in [4.69, 9.17) is 0 Å². The van der Waals surface area contributed by atoms with Crippen molar-refractivity contribution in [2.45, 2.75) is 13.8 Å². The Hall–Kier alpha value is -1.36. The van der Waals surface area contributed by atoms with Gasteiger partial charge in [0.05, 0.1) is 5.69 Å². The van der Waals surface area contributed by atoms with Crippen molar-refractivity contribution in [1.82, 2.24) is 0 Å². The van der Waals surface area contributed by atoms with Crippen LogP contribution in [0, 0.1) is 12.7 Å². The lowest BCUT2D eigenvalue weighted by Crippen LogP contribution is -2.31. The number of amidine groups is 1. The summed E-state index contributed by atoms with van der Waals surface area (Å²) in [5, 5.41) is 0.659. The van der Waals surface area contributed by atoms with Crippen LogP contribution in [-0.2, 0) is 4.79 Å². The molecule has 2 rings (SSSR count). The molecule has 0 fully saturated rings. The monoisotopic (exact) mass is 252 g/mol. The van der Waals surface area contributed by atoms with E-state index in [0.717, 1.165) is 11.3 Å². The average molecular weight is 252 g/mol. The number of anilines is 1. The Balaban J connectivity index is 2.40. The molecule has 1 amide bonds. The first-order chi connectivity index (χ1) is 8.13. The highest BCUT2D eigenvalue weighted by Crippen LogP contribution is 2.27. The predicted molar refractivity (Wildman–Crippen MR) is 69.1 cm³/mol. The largest absolute Gasteiger partial charge is 0.272 e. The number of aryl methyl sites for hydroxylation is 1. The molecule has 5 heteroatoms. The van der Waals surface area contributed by atoms with Crippen LogP contribution in [0.2, 0.25) is 0 Å². The molecule has 0 bridgehead atoms. The number of thioether (sulfide) groups is 1. The number of carbonyl (C=O) groups excluding carboxylic acids is 1. The van der Waals surface area contributed by atoms with Gasteiger partial charge in [0.1, 0.15) is 12.4 Å². The summed E-state index contributed by atoms with van der Waals surface area (Å²) in [6.45, 7) is 4.00. The molecule has 1 aromatic carbocycles. The zero-order valence-corrected chi connectivity index (χ0v) is 10.6. The van der Waals surface area contributed by atoms with Crippen LogP contribution in [0.3, 0.4) is 0 Å². The van der Waals surface area contributed by atoms with Crippen LogP contribution >= 0.6 is 11.8 Å². The molecule has 1 aliphatic heterocycles. The van der Waals surface area contributed by atoms with Crippen molar-refractivity contribution < 1.29 is 9.18 Å². The van der Waals surface area contributed by atoms with Gasteiger partial charge in [-0.1, -0.05) is 24.8 Å². The standard InChI is InChI=1S/C12H13FN2OS/c1-3-17-12-14-7-11(16)15(12)10-6-9(13)5-4-8(10)2/h4-6H,3,7H2,1-2H3. The van der Waals surface area contributed by atoms with E-state index in [2.05, 4.69) is 4.99 Å². The van der Waals surface area contributed by atoms with Gasteiger partial charge in [-0.3, -0.25) is 14.7 Å². The lowest BCUT2D eigenvalue weighted by molar-refractivity contribution is -0.115. The molecule has 0 unspecified atom stereocenters. The van der Waals surface area contributed by atoms with Gasteiger partial charge in [0.2, 0.25) is 0 Å². The van der Waals surface area contributed by atoms with Crippen molar-refractivity contribution in [2.75, 3.05) is 17.2 Å². The second-order valence-electron chi connectivity index (χ2n) is 3.69. The van der Waals surface area contributed by atoms with E-state index < -0.39 is 0 Å². The third kappa shape index (κ3) is 2.34. The molecule has 90 valence electrons. The van der Waals surface area contributed by atoms with E-state index >= 15 is 0 Å². The molecule has 3 nitrogen and oxygen atoms in total. The summed E-state index contributed by atoms with van der Waals surface area (Å²) in [4.78, 5) is 17.5. The Bertz CT molecular complexity index is 487. The number of carbonyl (C=O) groups is 1. The molecule has 0 atom stereocenters. The van der Waals surface area contributed by atoms with Crippen molar-refractivity contribution in [3.63, 3.8) is 0 Å². The summed E-state index contributed by atoms with van der Waals surface area (Å²) in [5.41, 5.74) is 1.46. The van der Waals surface area contributed by atoms with E-state index in [9.17, 15) is 9.18 Å². The molecule has 1 aromatic rings. The number of rotatable bonds is 2. The van der Waals surface area contributed by atoms with Crippen LogP contribution in [0.5, 0.6) is 0 Å². The normalized spacial score (nSPS) is 15.4. The molecule has 17 heavy (non-hydrogen) atoms. The van der Waals surface area contributed by atoms with E-state index in [1.54, 1.807) is 6.07 Å². The summed E-state index contributed by atoms with van der Waals surface area (Å²) in [6.07, 6.45) is 0. The number of aliphatic imine (C=N–C) groups is 1. The first-order valence-electron chi connectivity index (χ1n) is 5.40. The Morgan fingerprint density at radius 3 is 3.00 bits per heavy atom. The predicted octanol–water partition coefficient (Wildman–Crippen LogP) is 2.59. The van der Waals surface area contributed by atoms with Gasteiger partial charge in [-0.25, -0.2) is 4.39 Å². The third-order valence-corrected chi connectivity index (χ3v) is 3.33. The second-order valence-corrected chi connectivity index (χ2v) is 4.92. The molecular formula is C12H13FN2OS. The minimum atomic E-state index is -0.342. The van der Waals surface area contributed by atoms with Gasteiger partial charge < -0.3 is 0 Å². The minimum absolute atomic E-state index is 0.102. The van der Waals surface area contributed by atoms with Gasteiger partial charge in [-0.15, -0.1) is 0 Å². The van der Waals surface area contributed by atoms with E-state index in [0.29, 0.717) is 10.9 Å². The topological polar surface area (TPSA) is 32.7 Å². The van der Waals surface area contributed by atoms with Gasteiger partial charge >= 0.3 is 0 Å². The van der Waals surface area contributed by atoms with Gasteiger partial charge in [0.25, 0.3) is 5.91 Å². The average Bonchev–Trinajstić information content (AvgIpc) is 2.64. The molecule has 1 heterocycles. The maximum absolute atomic E-state index is 13.3. The maximum Gasteiger partial charge on any atom is 0.254 e. The molecule has 0 radical (unpaired) electrons. The molecular weight excluding hydrogens is 239 g/mol. The number of benzene rings is 1. The second kappa shape index (κ2) is 4.87. The molecule has 0 spiro atoms. The van der Waals surface area contributed by atoms with Gasteiger partial charge in [-0.05, 0) is 30.4 Å². The van der Waals surface area contributed by atoms with Crippen molar-refractivity contribution in [1.29, 1.82) is 0 Å². The maximum atomic E-state index is 13.3. The fourth-order valence-electron chi connectivity index (χ4n) is 1.68. The Morgan fingerprint density at radius 1 is 1.53 bits per heavy atom. The van der Waals surface area contributed by atoms with Crippen LogP contribution < -0.4 is 4.90 Å². The van der Waals surface area contributed by atoms with Crippen molar-refractivity contribution >= 4 is 28.5 Å². The Morgan fingerprint density at radius 2 is 2.29 bits per heavy atom. The number of amides is 1. The fourth-order valence-corrected chi connectivity index (χ4v) is 2.43. The van der Waals surface area contributed by atoms with Crippen molar-refractivity contribution in [2.24, 2.45) is 4.99 Å². The number of hydrogen-bond donors (Lipinski definition) is 0. The molecule has 0 N–H and O–H groups in total. The molecule has 0 saturated heterocycles. The number of nitrogens with zero attached hydrogens (tertiary/aromatic N) is 2. The van der Waals surface area contributed by atoms with Crippen LogP contribution in [-0.4, -0.2) is 23.4 Å². The van der Waals surface area contributed by atoms with E-state index in [1.807, 2.05) is 13.8 Å². The summed E-state index contributed by atoms with van der Waals surface area (Å²) in [5.74, 6) is 0.387. The lowest BCUT2D eigenvalue weighted by atomic mass is 10.2. The van der Waals surface area contributed by atoms with Crippen LogP contribution in [0.25, 0.3) is 0 Å². The highest BCUT2D eigenvalue weighted by molar-refractivity contribution is 8.14. The SMILES string of the molecule is CCSC1=NCC(=O)N1c1cc(F)ccc1C. The van der Waals surface area contributed by atoms with Gasteiger partial charge in [0, 0.05) is 0 Å². The fraction of sp³-hybridized carbons (Fsp3) is 0.333. The number of halogens is 1. The summed E-state index contributed by atoms with van der Waals surface area (Å²) in [6, 6.07) is 4.44. The Labute approximate surface area is 104 Å². The zero-order valence-electron chi connectivity index (χ0n) is 9.74.